The predicted octanol–water partition coefficient (Wildman–Crippen LogP) is 8.99. The second kappa shape index (κ2) is 12.8. The summed E-state index contributed by atoms with van der Waals surface area (Å²) in [5.74, 6) is 6.08. The summed E-state index contributed by atoms with van der Waals surface area (Å²) in [6.45, 7) is 1.54. The molecule has 0 atom stereocenters. The molecule has 223 valence electrons. The largest absolute Gasteiger partial charge is 0 e. The quantitative estimate of drug-likeness (QED) is 0.132. The molecule has 4 nitrogen and oxygen atoms in total. The molecule has 0 aliphatic heterocycles. The van der Waals surface area contributed by atoms with Gasteiger partial charge in [0, 0.05) is 31.7 Å². The van der Waals surface area contributed by atoms with Crippen LogP contribution in [0.4, 0.5) is 4.39 Å². The molecular weight excluding hydrogens is 774 g/mol. The second-order valence-corrected chi connectivity index (χ2v) is 22.8. The standard InChI is InChI=1S/C20H16FN2O.C16H20GeN.Ir/c1-20(2,3)15-10-17(23-11-16(15)21)14-7-4-6-12-13-8-5-9-22-19(13)24-18(12)14;1-12-6-8-14(9-7-12)16-10-13(2)15(11-18-16)17(3,4)5;/h4-6,8-11H,1-3H3;6-8,10-11H,1-5H3;/q2*-1;/i;1D3,2D3;. The van der Waals surface area contributed by atoms with Crippen molar-refractivity contribution in [3.63, 3.8) is 0 Å². The smallest absolute Gasteiger partial charge is 0 e. The topological polar surface area (TPSA) is 51.8 Å². The van der Waals surface area contributed by atoms with Crippen LogP contribution in [0.1, 0.15) is 45.7 Å². The number of hydrogen-bond donors (Lipinski definition) is 0. The first-order chi connectivity index (χ1) is 22.2. The first-order valence-corrected chi connectivity index (χ1v) is 21.0. The Morgan fingerprint density at radius 3 is 2.37 bits per heavy atom. The summed E-state index contributed by atoms with van der Waals surface area (Å²) in [5, 5.41) is 1.90. The van der Waals surface area contributed by atoms with Crippen LogP contribution in [0, 0.1) is 31.7 Å². The molecule has 0 amide bonds. The summed E-state index contributed by atoms with van der Waals surface area (Å²) in [7, 11) is 0. The van der Waals surface area contributed by atoms with Gasteiger partial charge in [-0.3, -0.25) is 0 Å². The first-order valence-electron chi connectivity index (χ1n) is 16.6. The minimum Gasteiger partial charge on any atom is 0 e. The van der Waals surface area contributed by atoms with Crippen LogP contribution in [-0.2, 0) is 25.5 Å². The van der Waals surface area contributed by atoms with Crippen LogP contribution >= 0.6 is 0 Å². The Morgan fingerprint density at radius 2 is 1.70 bits per heavy atom. The normalized spacial score (nSPS) is 14.3. The second-order valence-electron chi connectivity index (χ2n) is 12.2. The van der Waals surface area contributed by atoms with Crippen molar-refractivity contribution < 1.29 is 37.1 Å². The van der Waals surface area contributed by atoms with Gasteiger partial charge in [0.05, 0.1) is 11.8 Å². The third kappa shape index (κ3) is 7.14. The van der Waals surface area contributed by atoms with Gasteiger partial charge in [0.2, 0.25) is 5.71 Å². The molecule has 43 heavy (non-hydrogen) atoms. The van der Waals surface area contributed by atoms with E-state index < -0.39 is 27.0 Å². The summed E-state index contributed by atoms with van der Waals surface area (Å²) < 4.78 is 66.6. The van der Waals surface area contributed by atoms with Gasteiger partial charge < -0.3 is 9.40 Å². The molecule has 6 rings (SSSR count). The zero-order valence-electron chi connectivity index (χ0n) is 30.9. The van der Waals surface area contributed by atoms with E-state index in [0.717, 1.165) is 20.7 Å². The summed E-state index contributed by atoms with van der Waals surface area (Å²) in [5.41, 5.74) is 4.53. The molecule has 0 spiro atoms. The monoisotopic (exact) mass is 818 g/mol. The summed E-state index contributed by atoms with van der Waals surface area (Å²) >= 11 is -2.38. The molecule has 2 aromatic carbocycles. The van der Waals surface area contributed by atoms with Crippen LogP contribution in [0.2, 0.25) is 17.3 Å². The zero-order chi connectivity index (χ0) is 35.2. The molecular formula is C36H36FGeIrN3O-2. The van der Waals surface area contributed by atoms with Gasteiger partial charge in [0.25, 0.3) is 0 Å². The molecule has 0 saturated carbocycles. The minimum absolute atomic E-state index is 0. The van der Waals surface area contributed by atoms with Crippen molar-refractivity contribution in [2.45, 2.75) is 57.2 Å². The average Bonchev–Trinajstić information content (AvgIpc) is 3.39. The van der Waals surface area contributed by atoms with Crippen LogP contribution in [0.5, 0.6) is 0 Å². The first kappa shape index (κ1) is 25.2. The van der Waals surface area contributed by atoms with E-state index >= 15 is 0 Å². The molecule has 0 aliphatic rings. The number of fused-ring (bicyclic) bond motifs is 3. The number of aryl methyl sites for hydroxylation is 2. The van der Waals surface area contributed by atoms with Crippen molar-refractivity contribution in [2.75, 3.05) is 0 Å². The minimum atomic E-state index is -2.38. The van der Waals surface area contributed by atoms with E-state index in [0.29, 0.717) is 39.4 Å². The van der Waals surface area contributed by atoms with E-state index in [9.17, 15) is 4.39 Å². The number of rotatable bonds is 3. The fourth-order valence-electron chi connectivity index (χ4n) is 4.70. The van der Waals surface area contributed by atoms with Gasteiger partial charge in [0.1, 0.15) is 5.82 Å². The zero-order valence-corrected chi connectivity index (χ0v) is 29.4. The molecule has 0 N–H and O–H groups in total. The number of aromatic nitrogens is 3. The Kier molecular flexibility index (Phi) is 7.50. The molecule has 0 unspecified atom stereocenters. The molecule has 0 saturated heterocycles. The van der Waals surface area contributed by atoms with Crippen LogP contribution in [0.15, 0.2) is 77.6 Å². The predicted molar refractivity (Wildman–Crippen MR) is 173 cm³/mol. The van der Waals surface area contributed by atoms with Crippen LogP contribution in [-0.4, -0.2) is 28.2 Å². The van der Waals surface area contributed by atoms with Crippen molar-refractivity contribution in [2.24, 2.45) is 0 Å². The Morgan fingerprint density at radius 1 is 0.907 bits per heavy atom. The van der Waals surface area contributed by atoms with E-state index in [4.69, 9.17) is 12.6 Å². The fraction of sp³-hybridized carbons (Fsp3) is 0.250. The van der Waals surface area contributed by atoms with Gasteiger partial charge in [-0.1, -0.05) is 37.8 Å². The maximum atomic E-state index is 14.2. The van der Waals surface area contributed by atoms with E-state index in [-0.39, 0.29) is 36.9 Å². The molecule has 1 radical (unpaired) electrons. The van der Waals surface area contributed by atoms with Crippen molar-refractivity contribution >= 4 is 39.7 Å². The van der Waals surface area contributed by atoms with Crippen LogP contribution in [0.3, 0.4) is 0 Å². The summed E-state index contributed by atoms with van der Waals surface area (Å²) in [4.78, 5) is 12.9. The van der Waals surface area contributed by atoms with Gasteiger partial charge in [-0.2, -0.15) is 0 Å². The molecule has 0 bridgehead atoms. The fourth-order valence-corrected chi connectivity index (χ4v) is 7.50. The van der Waals surface area contributed by atoms with Crippen LogP contribution in [0.25, 0.3) is 44.6 Å². The van der Waals surface area contributed by atoms with E-state index in [1.165, 1.54) is 18.3 Å². The molecule has 4 aromatic heterocycles. The van der Waals surface area contributed by atoms with Crippen molar-refractivity contribution in [3.8, 4) is 22.5 Å². The third-order valence-corrected chi connectivity index (χ3v) is 11.2. The van der Waals surface area contributed by atoms with Crippen LogP contribution < -0.4 is 4.40 Å². The number of hydrogen-bond acceptors (Lipinski definition) is 4. The average molecular weight is 817 g/mol. The molecule has 7 heteroatoms. The maximum absolute atomic E-state index is 14.2. The number of nitrogens with zero attached hydrogens (tertiary/aromatic N) is 3. The van der Waals surface area contributed by atoms with Gasteiger partial charge in [0.15, 0.2) is 0 Å². The van der Waals surface area contributed by atoms with E-state index in [1.807, 2.05) is 45.0 Å². The molecule has 0 fully saturated rings. The number of pyridine rings is 3. The maximum Gasteiger partial charge on any atom is 0 e. The molecule has 4 heterocycles. The number of benzene rings is 2. The molecule has 0 aliphatic carbocycles. The SMILES string of the molecule is CC(C)(C)c1cc(-c2[c-]ccc3c2oc2ncccc23)ncc1F.[2H]C([2H])([2H])c1c[c-]c(-c2cc(C([2H])([2H])[2H])[c]([Ge]([CH3])([CH3])[CH3])cn2)cc1.[Ir]. The van der Waals surface area contributed by atoms with E-state index in [2.05, 4.69) is 44.4 Å². The van der Waals surface area contributed by atoms with Crippen molar-refractivity contribution in [1.29, 1.82) is 0 Å². The number of halogens is 1. The third-order valence-electron chi connectivity index (χ3n) is 6.93. The Bertz CT molecular complexity index is 2100. The van der Waals surface area contributed by atoms with Gasteiger partial charge >= 0.3 is 121 Å². The van der Waals surface area contributed by atoms with Gasteiger partial charge in [-0.15, -0.1) is 18.2 Å². The molecule has 6 aromatic rings. The van der Waals surface area contributed by atoms with Crippen molar-refractivity contribution in [1.82, 2.24) is 15.0 Å². The Hall–Kier alpha value is -3.19. The van der Waals surface area contributed by atoms with Gasteiger partial charge in [-0.05, 0) is 28.8 Å². The Balaban J connectivity index is 0.000000216. The summed E-state index contributed by atoms with van der Waals surface area (Å²) in [6, 6.07) is 21.6. The number of furan rings is 1. The van der Waals surface area contributed by atoms with Crippen molar-refractivity contribution in [3.05, 3.63) is 108 Å². The van der Waals surface area contributed by atoms with E-state index in [1.54, 1.807) is 30.6 Å². The van der Waals surface area contributed by atoms with Gasteiger partial charge in [-0.25, -0.2) is 9.37 Å². The Labute approximate surface area is 278 Å². The summed E-state index contributed by atoms with van der Waals surface area (Å²) in [6.07, 6.45) is 4.63.